The van der Waals surface area contributed by atoms with Crippen LogP contribution < -0.4 is 5.32 Å². The second kappa shape index (κ2) is 8.76. The third-order valence-corrected chi connectivity index (χ3v) is 6.17. The van der Waals surface area contributed by atoms with Gasteiger partial charge in [-0.3, -0.25) is 4.98 Å². The number of nitrogens with zero attached hydrogens (tertiary/aromatic N) is 1. The predicted octanol–water partition coefficient (Wildman–Crippen LogP) is 6.49. The second-order valence-electron chi connectivity index (χ2n) is 8.32. The van der Waals surface area contributed by atoms with Crippen molar-refractivity contribution < 1.29 is 9.53 Å². The zero-order valence-corrected chi connectivity index (χ0v) is 17.5. The molecule has 0 saturated heterocycles. The molecule has 1 fully saturated rings. The van der Waals surface area contributed by atoms with E-state index in [1.54, 1.807) is 0 Å². The molecule has 156 valence electrons. The Morgan fingerprint density at radius 2 is 1.77 bits per heavy atom. The van der Waals surface area contributed by atoms with E-state index < -0.39 is 0 Å². The average Bonchev–Trinajstić information content (AvgIpc) is 2.83. The first kappa shape index (κ1) is 19.6. The molecule has 3 aromatic carbocycles. The molecule has 4 heteroatoms. The van der Waals surface area contributed by atoms with Gasteiger partial charge in [0.2, 0.25) is 0 Å². The molecule has 0 aliphatic heterocycles. The van der Waals surface area contributed by atoms with Crippen molar-refractivity contribution in [2.45, 2.75) is 44.8 Å². The summed E-state index contributed by atoms with van der Waals surface area (Å²) in [6.45, 7) is 0.272. The molecule has 5 rings (SSSR count). The summed E-state index contributed by atoms with van der Waals surface area (Å²) < 4.78 is 5.54. The van der Waals surface area contributed by atoms with Gasteiger partial charge in [0.05, 0.1) is 5.56 Å². The summed E-state index contributed by atoms with van der Waals surface area (Å²) in [6, 6.07) is 20.3. The Hall–Kier alpha value is -3.40. The maximum atomic E-state index is 12.7. The predicted molar refractivity (Wildman–Crippen MR) is 125 cm³/mol. The Bertz CT molecular complexity index is 1210. The van der Waals surface area contributed by atoms with E-state index in [0.717, 1.165) is 27.4 Å². The summed E-state index contributed by atoms with van der Waals surface area (Å²) in [4.78, 5) is 17.0. The minimum atomic E-state index is -0.307. The first-order chi connectivity index (χ1) is 15.3. The van der Waals surface area contributed by atoms with Crippen molar-refractivity contribution in [3.63, 3.8) is 0 Å². The Balaban J connectivity index is 1.47. The number of hydrogen-bond donors (Lipinski definition) is 1. The van der Waals surface area contributed by atoms with Crippen LogP contribution in [0.3, 0.4) is 0 Å². The summed E-state index contributed by atoms with van der Waals surface area (Å²) in [5.74, 6) is -0.307. The number of hydrogen-bond acceptors (Lipinski definition) is 4. The smallest absolute Gasteiger partial charge is 0.338 e. The van der Waals surface area contributed by atoms with E-state index in [0.29, 0.717) is 11.6 Å². The number of rotatable bonds is 5. The molecule has 1 heterocycles. The van der Waals surface area contributed by atoms with E-state index in [-0.39, 0.29) is 12.6 Å². The number of carbonyl (C=O) groups is 1. The number of pyridine rings is 1. The van der Waals surface area contributed by atoms with E-state index in [9.17, 15) is 4.79 Å². The van der Waals surface area contributed by atoms with Gasteiger partial charge in [-0.2, -0.15) is 0 Å². The standard InChI is InChI=1S/C27H26N2O2/c30-27(31-18-19-7-3-1-4-8-19)20-11-12-23-21(15-20)16-26(24-13-14-28-17-25(23)24)29-22-9-5-2-6-10-22/h1,3-4,7-8,11-17,22,29H,2,5-6,9-10,18H2. The van der Waals surface area contributed by atoms with Gasteiger partial charge < -0.3 is 10.1 Å². The molecule has 0 amide bonds. The summed E-state index contributed by atoms with van der Waals surface area (Å²) in [5.41, 5.74) is 2.66. The van der Waals surface area contributed by atoms with Crippen molar-refractivity contribution >= 4 is 33.2 Å². The highest BCUT2D eigenvalue weighted by Crippen LogP contribution is 2.34. The van der Waals surface area contributed by atoms with E-state index in [1.165, 1.54) is 37.5 Å². The van der Waals surface area contributed by atoms with Crippen molar-refractivity contribution in [2.24, 2.45) is 0 Å². The third kappa shape index (κ3) is 4.24. The van der Waals surface area contributed by atoms with Crippen molar-refractivity contribution in [2.75, 3.05) is 5.32 Å². The molecule has 1 N–H and O–H groups in total. The number of anilines is 1. The van der Waals surface area contributed by atoms with Crippen LogP contribution in [0.2, 0.25) is 0 Å². The zero-order valence-electron chi connectivity index (χ0n) is 17.5. The van der Waals surface area contributed by atoms with Gasteiger partial charge in [0.15, 0.2) is 0 Å². The molecule has 0 bridgehead atoms. The summed E-state index contributed by atoms with van der Waals surface area (Å²) in [7, 11) is 0. The largest absolute Gasteiger partial charge is 0.457 e. The number of benzene rings is 3. The van der Waals surface area contributed by atoms with Crippen LogP contribution in [0.25, 0.3) is 21.5 Å². The fourth-order valence-corrected chi connectivity index (χ4v) is 4.52. The van der Waals surface area contributed by atoms with Crippen molar-refractivity contribution in [1.82, 2.24) is 4.98 Å². The number of fused-ring (bicyclic) bond motifs is 3. The summed E-state index contributed by atoms with van der Waals surface area (Å²) in [6.07, 6.45) is 10.1. The van der Waals surface area contributed by atoms with E-state index in [2.05, 4.69) is 22.4 Å². The number of ether oxygens (including phenoxy) is 1. The highest BCUT2D eigenvalue weighted by atomic mass is 16.5. The van der Waals surface area contributed by atoms with Crippen LogP contribution >= 0.6 is 0 Å². The van der Waals surface area contributed by atoms with Crippen LogP contribution in [0.1, 0.15) is 48.0 Å². The van der Waals surface area contributed by atoms with Crippen LogP contribution in [0.15, 0.2) is 73.1 Å². The lowest BCUT2D eigenvalue weighted by molar-refractivity contribution is 0.0473. The van der Waals surface area contributed by atoms with Crippen LogP contribution in [0, 0.1) is 0 Å². The molecular weight excluding hydrogens is 384 g/mol. The number of nitrogens with one attached hydrogen (secondary N) is 1. The highest BCUT2D eigenvalue weighted by molar-refractivity contribution is 6.13. The van der Waals surface area contributed by atoms with Gasteiger partial charge in [0.25, 0.3) is 0 Å². The molecular formula is C27H26N2O2. The fraction of sp³-hybridized carbons (Fsp3) is 0.259. The van der Waals surface area contributed by atoms with Crippen LogP contribution in [-0.2, 0) is 11.3 Å². The van der Waals surface area contributed by atoms with Gasteiger partial charge in [-0.05, 0) is 53.4 Å². The monoisotopic (exact) mass is 410 g/mol. The lowest BCUT2D eigenvalue weighted by Gasteiger charge is -2.25. The van der Waals surface area contributed by atoms with E-state index in [4.69, 9.17) is 4.74 Å². The van der Waals surface area contributed by atoms with Crippen molar-refractivity contribution in [1.29, 1.82) is 0 Å². The quantitative estimate of drug-likeness (QED) is 0.302. The molecule has 4 nitrogen and oxygen atoms in total. The molecule has 0 unspecified atom stereocenters. The molecule has 0 atom stereocenters. The topological polar surface area (TPSA) is 51.2 Å². The molecule has 1 saturated carbocycles. The third-order valence-electron chi connectivity index (χ3n) is 6.17. The number of carbonyl (C=O) groups excluding carboxylic acids is 1. The van der Waals surface area contributed by atoms with Crippen LogP contribution in [0.5, 0.6) is 0 Å². The lowest BCUT2D eigenvalue weighted by atomic mass is 9.94. The zero-order chi connectivity index (χ0) is 21.0. The van der Waals surface area contributed by atoms with Crippen molar-refractivity contribution in [3.05, 3.63) is 84.2 Å². The van der Waals surface area contributed by atoms with Gasteiger partial charge in [-0.25, -0.2) is 4.79 Å². The maximum Gasteiger partial charge on any atom is 0.338 e. The minimum Gasteiger partial charge on any atom is -0.457 e. The highest BCUT2D eigenvalue weighted by Gasteiger charge is 2.16. The molecule has 1 aliphatic rings. The Labute approximate surface area is 182 Å². The Morgan fingerprint density at radius 1 is 0.935 bits per heavy atom. The molecule has 4 aromatic rings. The van der Waals surface area contributed by atoms with Gasteiger partial charge in [0.1, 0.15) is 6.61 Å². The van der Waals surface area contributed by atoms with Gasteiger partial charge in [0, 0.05) is 34.9 Å². The van der Waals surface area contributed by atoms with Crippen LogP contribution in [-0.4, -0.2) is 17.0 Å². The lowest BCUT2D eigenvalue weighted by Crippen LogP contribution is -2.22. The van der Waals surface area contributed by atoms with Gasteiger partial charge in [-0.1, -0.05) is 55.7 Å². The normalized spacial score (nSPS) is 14.6. The minimum absolute atomic E-state index is 0.272. The summed E-state index contributed by atoms with van der Waals surface area (Å²) in [5, 5.41) is 8.16. The first-order valence-corrected chi connectivity index (χ1v) is 11.1. The van der Waals surface area contributed by atoms with Gasteiger partial charge >= 0.3 is 5.97 Å². The Morgan fingerprint density at radius 3 is 2.61 bits per heavy atom. The van der Waals surface area contributed by atoms with E-state index in [1.807, 2.05) is 60.9 Å². The number of aromatic nitrogens is 1. The maximum absolute atomic E-state index is 12.7. The van der Waals surface area contributed by atoms with Crippen LogP contribution in [0.4, 0.5) is 5.69 Å². The Kier molecular flexibility index (Phi) is 5.53. The SMILES string of the molecule is O=C(OCc1ccccc1)c1ccc2c(c1)cc(NC1CCCCC1)c1ccncc12. The fourth-order valence-electron chi connectivity index (χ4n) is 4.52. The van der Waals surface area contributed by atoms with Gasteiger partial charge in [-0.15, -0.1) is 0 Å². The molecule has 31 heavy (non-hydrogen) atoms. The van der Waals surface area contributed by atoms with E-state index >= 15 is 0 Å². The molecule has 0 spiro atoms. The number of esters is 1. The molecule has 1 aliphatic carbocycles. The van der Waals surface area contributed by atoms with Crippen molar-refractivity contribution in [3.8, 4) is 0 Å². The second-order valence-corrected chi connectivity index (χ2v) is 8.32. The summed E-state index contributed by atoms with van der Waals surface area (Å²) >= 11 is 0. The average molecular weight is 411 g/mol. The first-order valence-electron chi connectivity index (χ1n) is 11.1. The molecule has 0 radical (unpaired) electrons. The molecule has 1 aromatic heterocycles.